The summed E-state index contributed by atoms with van der Waals surface area (Å²) in [5.41, 5.74) is -5.82. The van der Waals surface area contributed by atoms with E-state index in [9.17, 15) is 19.5 Å². The van der Waals surface area contributed by atoms with Gasteiger partial charge in [0.1, 0.15) is 29.1 Å². The molecule has 0 bridgehead atoms. The highest BCUT2D eigenvalue weighted by Crippen LogP contribution is 2.73. The fourth-order valence-electron chi connectivity index (χ4n) is 13.2. The molecule has 99 heavy (non-hydrogen) atoms. The lowest BCUT2D eigenvalue weighted by Crippen LogP contribution is -2.71. The van der Waals surface area contributed by atoms with Crippen molar-refractivity contribution in [1.82, 2.24) is 5.32 Å². The average Bonchev–Trinajstić information content (AvgIpc) is 1.57. The second-order valence-corrected chi connectivity index (χ2v) is 33.2. The van der Waals surface area contributed by atoms with Crippen LogP contribution in [-0.2, 0) is 96.3 Å². The van der Waals surface area contributed by atoms with E-state index >= 15 is 13.6 Å². The van der Waals surface area contributed by atoms with E-state index < -0.39 is 84.4 Å². The van der Waals surface area contributed by atoms with Gasteiger partial charge in [-0.05, 0) is 119 Å². The second kappa shape index (κ2) is 39.4. The number of halogens is 2. The number of alkyl halides is 2. The number of benzene rings is 2. The molecule has 558 valence electrons. The molecule has 4 aliphatic carbocycles. The van der Waals surface area contributed by atoms with Crippen LogP contribution in [0, 0.1) is 22.7 Å². The number of ether oxygens (including phenoxy) is 16. The van der Waals surface area contributed by atoms with Crippen molar-refractivity contribution in [1.29, 1.82) is 0 Å². The highest BCUT2D eigenvalue weighted by molar-refractivity contribution is 6.74. The second-order valence-electron chi connectivity index (χ2n) is 28.4. The van der Waals surface area contributed by atoms with Gasteiger partial charge in [0.2, 0.25) is 0 Å². The highest BCUT2D eigenvalue weighted by Gasteiger charge is 2.80. The van der Waals surface area contributed by atoms with Gasteiger partial charge in [0.05, 0.1) is 177 Å². The Bertz CT molecular complexity index is 2860. The van der Waals surface area contributed by atoms with Gasteiger partial charge in [-0.3, -0.25) is 14.4 Å². The zero-order chi connectivity index (χ0) is 71.6. The van der Waals surface area contributed by atoms with E-state index in [0.717, 1.165) is 5.56 Å². The van der Waals surface area contributed by atoms with Gasteiger partial charge < -0.3 is 90.6 Å². The first-order valence-electron chi connectivity index (χ1n) is 35.0. The lowest BCUT2D eigenvalue weighted by Gasteiger charge is -2.63. The number of aliphatic hydroxyl groups is 1. The monoisotopic (exact) mass is 1420 g/mol. The molecule has 2 N–H and O–H groups in total. The van der Waals surface area contributed by atoms with Crippen LogP contribution < -0.4 is 10.1 Å². The first-order chi connectivity index (χ1) is 47.2. The van der Waals surface area contributed by atoms with Gasteiger partial charge in [0.25, 0.3) is 0 Å². The van der Waals surface area contributed by atoms with Crippen molar-refractivity contribution in [2.24, 2.45) is 22.7 Å². The summed E-state index contributed by atoms with van der Waals surface area (Å²) in [5, 5.41) is 14.6. The van der Waals surface area contributed by atoms with Crippen molar-refractivity contribution in [3.8, 4) is 11.5 Å². The molecule has 1 heterocycles. The van der Waals surface area contributed by atoms with Crippen LogP contribution in [0.15, 0.2) is 72.3 Å². The summed E-state index contributed by atoms with van der Waals surface area (Å²) < 4.78 is 132. The largest absolute Gasteiger partial charge is 0.457 e. The molecule has 1 saturated heterocycles. The maximum atomic E-state index is 18.1. The van der Waals surface area contributed by atoms with Gasteiger partial charge in [-0.1, -0.05) is 58.0 Å². The van der Waals surface area contributed by atoms with Gasteiger partial charge in [0, 0.05) is 41.7 Å². The van der Waals surface area contributed by atoms with Crippen molar-refractivity contribution < 1.29 is 113 Å². The molecule has 0 radical (unpaired) electrons. The van der Waals surface area contributed by atoms with Gasteiger partial charge >= 0.3 is 6.09 Å². The molecule has 0 aromatic heterocycles. The quantitative estimate of drug-likeness (QED) is 0.0462. The summed E-state index contributed by atoms with van der Waals surface area (Å²) in [6, 6.07) is 14.4. The molecule has 2 aromatic carbocycles. The molecule has 1 amide bonds. The van der Waals surface area contributed by atoms with E-state index in [4.69, 9.17) is 80.2 Å². The summed E-state index contributed by atoms with van der Waals surface area (Å²) in [7, 11) is -2.46. The fraction of sp³-hybridized carbons (Fsp3) is 0.726. The number of allylic oxidation sites excluding steroid dienone is 4. The lowest BCUT2D eigenvalue weighted by molar-refractivity contribution is -0.235. The number of aliphatic hydroxyl groups excluding tert-OH is 1. The van der Waals surface area contributed by atoms with E-state index in [1.165, 1.54) is 18.2 Å². The third kappa shape index (κ3) is 23.2. The van der Waals surface area contributed by atoms with Gasteiger partial charge in [-0.25, -0.2) is 13.6 Å². The van der Waals surface area contributed by atoms with E-state index in [1.807, 2.05) is 39.8 Å². The first kappa shape index (κ1) is 81.7. The summed E-state index contributed by atoms with van der Waals surface area (Å²) in [6.45, 7) is 29.6. The number of hydrogen-bond donors (Lipinski definition) is 2. The number of amides is 1. The van der Waals surface area contributed by atoms with Crippen LogP contribution in [-0.4, -0.2) is 244 Å². The molecule has 1 unspecified atom stereocenters. The zero-order valence-corrected chi connectivity index (χ0v) is 61.0. The Balaban J connectivity index is 0.657. The molecule has 7 rings (SSSR count). The van der Waals surface area contributed by atoms with Crippen molar-refractivity contribution in [3.05, 3.63) is 83.5 Å². The molecule has 0 spiro atoms. The Kier molecular flexibility index (Phi) is 32.5. The maximum Gasteiger partial charge on any atom is 0.407 e. The number of rotatable bonds is 48. The minimum absolute atomic E-state index is 0.0336. The minimum Gasteiger partial charge on any atom is -0.457 e. The van der Waals surface area contributed by atoms with E-state index in [-0.39, 0.29) is 67.5 Å². The SMILES string of the molecule is CC(C)(C)OC(=O)NCCOCCOCCOCCOCCOCCOCCOCCOCCOCCOCCOCCOCCC(=O)Cc1ccc(Oc2ccc(C3O[C@@H]4C[C@H]5[C@@H]6C[C@H](F)C7=CC(=O)C=C[C@]7(C)[C@@]6(F)[C@@H](O)C[C@]5(C)[C@]4(C(=O)CO[Si](C)(C)C(C)(C)C)O3)cc2)cc1. The zero-order valence-electron chi connectivity index (χ0n) is 60.0. The van der Waals surface area contributed by atoms with Crippen LogP contribution in [0.4, 0.5) is 13.6 Å². The molecule has 1 aliphatic heterocycles. The number of hydrogen-bond acceptors (Lipinski definition) is 22. The van der Waals surface area contributed by atoms with Crippen molar-refractivity contribution >= 4 is 31.8 Å². The third-order valence-electron chi connectivity index (χ3n) is 19.4. The number of nitrogens with one attached hydrogen (secondary N) is 1. The minimum atomic E-state index is -2.46. The molecule has 26 heteroatoms. The van der Waals surface area contributed by atoms with Crippen LogP contribution in [0.5, 0.6) is 11.5 Å². The normalized spacial score (nSPS) is 25.8. The van der Waals surface area contributed by atoms with Crippen LogP contribution in [0.25, 0.3) is 0 Å². The lowest BCUT2D eigenvalue weighted by atomic mass is 9.44. The summed E-state index contributed by atoms with van der Waals surface area (Å²) in [6.07, 6.45) is -1.50. The Hall–Kier alpha value is -4.56. The molecule has 4 fully saturated rings. The van der Waals surface area contributed by atoms with Crippen molar-refractivity contribution in [2.75, 3.05) is 172 Å². The Labute approximate surface area is 584 Å². The topological polar surface area (TPSA) is 257 Å². The first-order valence-corrected chi connectivity index (χ1v) is 37.9. The maximum absolute atomic E-state index is 18.1. The molecule has 5 aliphatic rings. The molecule has 3 saturated carbocycles. The van der Waals surface area contributed by atoms with E-state index in [2.05, 4.69) is 39.2 Å². The Morgan fingerprint density at radius 1 is 0.626 bits per heavy atom. The van der Waals surface area contributed by atoms with Gasteiger partial charge in [0.15, 0.2) is 37.4 Å². The smallest absolute Gasteiger partial charge is 0.407 e. The summed E-state index contributed by atoms with van der Waals surface area (Å²) in [4.78, 5) is 51.9. The number of alkyl carbamates (subject to hydrolysis) is 1. The van der Waals surface area contributed by atoms with Crippen molar-refractivity contribution in [2.45, 2.75) is 147 Å². The van der Waals surface area contributed by atoms with E-state index in [1.54, 1.807) is 43.3 Å². The number of Topliss-reactive ketones (excluding diaryl/α,β-unsaturated/α-hetero) is 2. The van der Waals surface area contributed by atoms with Gasteiger partial charge in [-0.15, -0.1) is 0 Å². The van der Waals surface area contributed by atoms with Crippen LogP contribution >= 0.6 is 0 Å². The third-order valence-corrected chi connectivity index (χ3v) is 23.9. The van der Waals surface area contributed by atoms with Crippen LogP contribution in [0.1, 0.15) is 98.5 Å². The van der Waals surface area contributed by atoms with Gasteiger partial charge in [-0.2, -0.15) is 0 Å². The fourth-order valence-corrected chi connectivity index (χ4v) is 14.2. The Morgan fingerprint density at radius 3 is 1.53 bits per heavy atom. The molecule has 10 atom stereocenters. The predicted molar refractivity (Wildman–Crippen MR) is 364 cm³/mol. The van der Waals surface area contributed by atoms with Crippen LogP contribution in [0.2, 0.25) is 18.1 Å². The number of carbonyl (C=O) groups is 4. The summed E-state index contributed by atoms with van der Waals surface area (Å²) >= 11 is 0. The average molecular weight is 1420 g/mol. The number of carbonyl (C=O) groups excluding carboxylic acids is 4. The molecular weight excluding hydrogens is 1310 g/mol. The highest BCUT2D eigenvalue weighted by atomic mass is 28.4. The van der Waals surface area contributed by atoms with Crippen LogP contribution in [0.3, 0.4) is 0 Å². The van der Waals surface area contributed by atoms with E-state index in [0.29, 0.717) is 176 Å². The number of fused-ring (bicyclic) bond motifs is 7. The Morgan fingerprint density at radius 2 is 1.07 bits per heavy atom. The summed E-state index contributed by atoms with van der Waals surface area (Å²) in [5.74, 6) is -1.31. The number of ketones is 3. The molecular formula is C73H111F2NO22Si. The standard InChI is InChI=1S/C73H111F2NO22Si/c1-68(2,3)98-67(81)76-22-24-83-26-28-85-30-32-87-34-36-89-38-40-91-42-44-93-46-45-92-43-41-90-39-37-88-35-33-86-31-29-84-27-25-82-23-20-56(78)47-53-11-15-57(16-12-53)95-58-17-13-54(14-18-58)66-96-65-50-59-60-49-62(74)61-48-55(77)19-21-70(61,7)72(60,75)63(79)51-71(59,8)73(65,97-66)64(80)52-94-99(9,10)69(4,5)6/h11-19,21,48,59-60,62-63,65-66,79H,20,22-47,49-52H2,1-10H3,(H,76,81)/t59-,60-,62-,63-,65+,66?,70-,71-,72-,73+/m0/s1. The molecule has 23 nitrogen and oxygen atoms in total. The molecule has 2 aromatic rings. The predicted octanol–water partition coefficient (Wildman–Crippen LogP) is 9.38. The van der Waals surface area contributed by atoms with Crippen molar-refractivity contribution in [3.63, 3.8) is 0 Å².